The lowest BCUT2D eigenvalue weighted by Gasteiger charge is -2.23. The standard InChI is InChI=1S/C29H36N4O6S/c1-19(2)15-24(31-29(36)26-16-20-9-5-6-13-25(20)32(26)3)28(35)30-23-12-8-14-33(18-27(23)34)40(37,38)22-11-7-10-21(17-22)39-4/h5-7,9-11,13,16-17,19,23-24H,8,12,14-15,18H2,1-4H3,(H,30,35)(H,31,36)/t23-,24?/m0/s1. The lowest BCUT2D eigenvalue weighted by Crippen LogP contribution is -2.52. The fourth-order valence-corrected chi connectivity index (χ4v) is 6.46. The molecule has 10 nitrogen and oxygen atoms in total. The molecule has 0 spiro atoms. The van der Waals surface area contributed by atoms with Crippen molar-refractivity contribution in [2.45, 2.75) is 50.1 Å². The third-order valence-electron chi connectivity index (χ3n) is 7.13. The molecule has 1 unspecified atom stereocenters. The van der Waals surface area contributed by atoms with Crippen molar-refractivity contribution in [2.75, 3.05) is 20.2 Å². The van der Waals surface area contributed by atoms with E-state index in [2.05, 4.69) is 10.6 Å². The zero-order valence-corrected chi connectivity index (χ0v) is 24.0. The third kappa shape index (κ3) is 6.37. The Kier molecular flexibility index (Phi) is 8.95. The second kappa shape index (κ2) is 12.2. The van der Waals surface area contributed by atoms with Crippen molar-refractivity contribution in [1.82, 2.24) is 19.5 Å². The summed E-state index contributed by atoms with van der Waals surface area (Å²) in [6.07, 6.45) is 1.05. The third-order valence-corrected chi connectivity index (χ3v) is 8.97. The Balaban J connectivity index is 1.46. The van der Waals surface area contributed by atoms with Gasteiger partial charge in [0.1, 0.15) is 17.5 Å². The minimum absolute atomic E-state index is 0.0372. The molecular formula is C29H36N4O6S. The molecule has 1 aromatic heterocycles. The topological polar surface area (TPSA) is 127 Å². The number of sulfonamides is 1. The monoisotopic (exact) mass is 568 g/mol. The van der Waals surface area contributed by atoms with Gasteiger partial charge in [-0.15, -0.1) is 0 Å². The first kappa shape index (κ1) is 29.3. The number of benzene rings is 2. The first-order chi connectivity index (χ1) is 19.0. The van der Waals surface area contributed by atoms with Gasteiger partial charge in [0.15, 0.2) is 5.78 Å². The molecule has 0 radical (unpaired) electrons. The maximum Gasteiger partial charge on any atom is 0.268 e. The minimum Gasteiger partial charge on any atom is -0.497 e. The van der Waals surface area contributed by atoms with Crippen LogP contribution in [-0.4, -0.2) is 67.2 Å². The fraction of sp³-hybridized carbons (Fsp3) is 0.414. The van der Waals surface area contributed by atoms with Crippen molar-refractivity contribution in [3.05, 3.63) is 60.3 Å². The number of nitrogens with one attached hydrogen (secondary N) is 2. The van der Waals surface area contributed by atoms with Crippen molar-refractivity contribution in [3.8, 4) is 5.75 Å². The van der Waals surface area contributed by atoms with E-state index in [-0.39, 0.29) is 29.8 Å². The van der Waals surface area contributed by atoms with Crippen molar-refractivity contribution in [2.24, 2.45) is 13.0 Å². The molecule has 214 valence electrons. The predicted octanol–water partition coefficient (Wildman–Crippen LogP) is 2.87. The van der Waals surface area contributed by atoms with Crippen LogP contribution in [0.1, 0.15) is 43.6 Å². The fourth-order valence-electron chi connectivity index (χ4n) is 4.98. The van der Waals surface area contributed by atoms with Gasteiger partial charge >= 0.3 is 0 Å². The Bertz CT molecular complexity index is 1510. The molecule has 1 fully saturated rings. The summed E-state index contributed by atoms with van der Waals surface area (Å²) in [5.74, 6) is -0.767. The normalized spacial score (nSPS) is 17.4. The number of fused-ring (bicyclic) bond motifs is 1. The lowest BCUT2D eigenvalue weighted by atomic mass is 10.0. The summed E-state index contributed by atoms with van der Waals surface area (Å²) in [5, 5.41) is 6.56. The van der Waals surface area contributed by atoms with Gasteiger partial charge in [-0.2, -0.15) is 4.31 Å². The van der Waals surface area contributed by atoms with Gasteiger partial charge in [-0.1, -0.05) is 38.1 Å². The van der Waals surface area contributed by atoms with Crippen molar-refractivity contribution < 1.29 is 27.5 Å². The lowest BCUT2D eigenvalue weighted by molar-refractivity contribution is -0.129. The molecule has 2 amide bonds. The van der Waals surface area contributed by atoms with Gasteiger partial charge < -0.3 is 19.9 Å². The minimum atomic E-state index is -3.94. The Morgan fingerprint density at radius 1 is 1.10 bits per heavy atom. The van der Waals surface area contributed by atoms with Crippen LogP contribution in [0.25, 0.3) is 10.9 Å². The van der Waals surface area contributed by atoms with Gasteiger partial charge in [0.2, 0.25) is 15.9 Å². The van der Waals surface area contributed by atoms with Crippen LogP contribution in [0.5, 0.6) is 5.75 Å². The Hall–Kier alpha value is -3.70. The summed E-state index contributed by atoms with van der Waals surface area (Å²) in [7, 11) is -0.691. The van der Waals surface area contributed by atoms with Gasteiger partial charge in [-0.3, -0.25) is 14.4 Å². The number of methoxy groups -OCH3 is 1. The van der Waals surface area contributed by atoms with Crippen LogP contribution in [0, 0.1) is 5.92 Å². The highest BCUT2D eigenvalue weighted by Crippen LogP contribution is 2.23. The Labute approximate surface area is 234 Å². The molecular weight excluding hydrogens is 532 g/mol. The molecule has 0 aliphatic carbocycles. The van der Waals surface area contributed by atoms with E-state index in [1.165, 1.54) is 19.2 Å². The van der Waals surface area contributed by atoms with Gasteiger partial charge in [0.25, 0.3) is 5.91 Å². The summed E-state index contributed by atoms with van der Waals surface area (Å²) < 4.78 is 34.5. The first-order valence-corrected chi connectivity index (χ1v) is 14.8. The number of hydrogen-bond acceptors (Lipinski definition) is 6. The van der Waals surface area contributed by atoms with Gasteiger partial charge in [-0.25, -0.2) is 8.42 Å². The number of ketones is 1. The number of ether oxygens (including phenoxy) is 1. The highest BCUT2D eigenvalue weighted by molar-refractivity contribution is 7.89. The van der Waals surface area contributed by atoms with Crippen LogP contribution >= 0.6 is 0 Å². The quantitative estimate of drug-likeness (QED) is 0.409. The van der Waals surface area contributed by atoms with E-state index in [1.54, 1.807) is 29.8 Å². The SMILES string of the molecule is COc1cccc(S(=O)(=O)N2CCC[C@H](NC(=O)C(CC(C)C)NC(=O)c3cc4ccccc4n3C)C(=O)C2)c1. The second-order valence-electron chi connectivity index (χ2n) is 10.5. The van der Waals surface area contributed by atoms with E-state index >= 15 is 0 Å². The van der Waals surface area contributed by atoms with Crippen LogP contribution in [0.2, 0.25) is 0 Å². The van der Waals surface area contributed by atoms with Crippen LogP contribution in [0.3, 0.4) is 0 Å². The van der Waals surface area contributed by atoms with E-state index in [4.69, 9.17) is 4.74 Å². The molecule has 40 heavy (non-hydrogen) atoms. The van der Waals surface area contributed by atoms with Crippen LogP contribution < -0.4 is 15.4 Å². The summed E-state index contributed by atoms with van der Waals surface area (Å²) in [5.41, 5.74) is 1.32. The van der Waals surface area contributed by atoms with Gasteiger partial charge in [0.05, 0.1) is 24.6 Å². The summed E-state index contributed by atoms with van der Waals surface area (Å²) in [6.45, 7) is 3.68. The maximum absolute atomic E-state index is 13.4. The molecule has 2 atom stereocenters. The number of hydrogen-bond donors (Lipinski definition) is 2. The molecule has 4 rings (SSSR count). The van der Waals surface area contributed by atoms with Crippen molar-refractivity contribution in [3.63, 3.8) is 0 Å². The number of carbonyl (C=O) groups is 3. The average Bonchev–Trinajstić information content (AvgIpc) is 3.15. The number of Topliss-reactive ketones (excluding diaryl/α,β-unsaturated/α-hetero) is 1. The molecule has 1 aliphatic heterocycles. The van der Waals surface area contributed by atoms with Crippen molar-refractivity contribution in [1.29, 1.82) is 0 Å². The van der Waals surface area contributed by atoms with E-state index in [1.807, 2.05) is 38.1 Å². The summed E-state index contributed by atoms with van der Waals surface area (Å²) in [4.78, 5) is 39.8. The van der Waals surface area contributed by atoms with Crippen LogP contribution in [0.15, 0.2) is 59.5 Å². The van der Waals surface area contributed by atoms with E-state index < -0.39 is 33.8 Å². The molecule has 0 bridgehead atoms. The number of aryl methyl sites for hydroxylation is 1. The highest BCUT2D eigenvalue weighted by atomic mass is 32.2. The number of nitrogens with zero attached hydrogens (tertiary/aromatic N) is 2. The largest absolute Gasteiger partial charge is 0.497 e. The number of para-hydroxylation sites is 1. The zero-order chi connectivity index (χ0) is 29.0. The molecule has 0 saturated carbocycles. The molecule has 2 aromatic carbocycles. The highest BCUT2D eigenvalue weighted by Gasteiger charge is 2.34. The predicted molar refractivity (Wildman–Crippen MR) is 152 cm³/mol. The van der Waals surface area contributed by atoms with Crippen LogP contribution in [-0.2, 0) is 26.7 Å². The second-order valence-corrected chi connectivity index (χ2v) is 12.4. The van der Waals surface area contributed by atoms with Crippen LogP contribution in [0.4, 0.5) is 0 Å². The van der Waals surface area contributed by atoms with Gasteiger partial charge in [0, 0.05) is 30.6 Å². The molecule has 1 saturated heterocycles. The smallest absolute Gasteiger partial charge is 0.268 e. The Morgan fingerprint density at radius 2 is 1.85 bits per heavy atom. The number of aromatic nitrogens is 1. The summed E-state index contributed by atoms with van der Waals surface area (Å²) >= 11 is 0. The number of amides is 2. The summed E-state index contributed by atoms with van der Waals surface area (Å²) in [6, 6.07) is 13.8. The number of rotatable bonds is 9. The van der Waals surface area contributed by atoms with E-state index in [0.29, 0.717) is 30.7 Å². The molecule has 11 heteroatoms. The zero-order valence-electron chi connectivity index (χ0n) is 23.2. The van der Waals surface area contributed by atoms with Crippen molar-refractivity contribution >= 4 is 38.5 Å². The number of carbonyl (C=O) groups excluding carboxylic acids is 3. The van der Waals surface area contributed by atoms with E-state index in [9.17, 15) is 22.8 Å². The van der Waals surface area contributed by atoms with Gasteiger partial charge in [-0.05, 0) is 49.4 Å². The van der Waals surface area contributed by atoms with E-state index in [0.717, 1.165) is 15.2 Å². The maximum atomic E-state index is 13.4. The Morgan fingerprint density at radius 3 is 2.55 bits per heavy atom. The molecule has 3 aromatic rings. The average molecular weight is 569 g/mol. The first-order valence-electron chi connectivity index (χ1n) is 13.3. The molecule has 2 heterocycles. The molecule has 1 aliphatic rings. The molecule has 2 N–H and O–H groups in total.